The largest absolute Gasteiger partial charge is 0.530 e. The van der Waals surface area contributed by atoms with Crippen LogP contribution >= 0.6 is 0 Å². The number of amides is 2. The molecule has 7 nitrogen and oxygen atoms in total. The number of primary amides is 1. The van der Waals surface area contributed by atoms with E-state index in [9.17, 15) is 9.59 Å². The molecule has 0 aliphatic rings. The van der Waals surface area contributed by atoms with E-state index in [1.165, 1.54) is 5.48 Å². The van der Waals surface area contributed by atoms with Gasteiger partial charge in [-0.3, -0.25) is 0 Å². The number of carbonyl (C=O) groups is 2. The van der Waals surface area contributed by atoms with Crippen LogP contribution in [0, 0.1) is 0 Å². The number of nitrogens with one attached hydrogen (secondary N) is 1. The summed E-state index contributed by atoms with van der Waals surface area (Å²) in [7, 11) is 0. The second-order valence-corrected chi connectivity index (χ2v) is 0.834. The Labute approximate surface area is 50.3 Å². The van der Waals surface area contributed by atoms with Crippen molar-refractivity contribution in [3.05, 3.63) is 0 Å². The summed E-state index contributed by atoms with van der Waals surface area (Å²) in [6, 6.07) is -1.05. The molecule has 0 fully saturated rings. The van der Waals surface area contributed by atoms with Crippen molar-refractivity contribution in [2.45, 2.75) is 0 Å². The minimum absolute atomic E-state index is 0. The van der Waals surface area contributed by atoms with Crippen LogP contribution in [0.25, 0.3) is 0 Å². The molecule has 0 rings (SSSR count). The Morgan fingerprint density at radius 3 is 2.11 bits per heavy atom. The Kier molecular flexibility index (Phi) is 5.42. The van der Waals surface area contributed by atoms with Crippen LogP contribution in [0.4, 0.5) is 9.59 Å². The van der Waals surface area contributed by atoms with Gasteiger partial charge < -0.3 is 21.8 Å². The highest BCUT2D eigenvalue weighted by atomic mass is 16.8. The van der Waals surface area contributed by atoms with Crippen LogP contribution in [0.5, 0.6) is 0 Å². The molecule has 0 unspecified atom stereocenters. The number of carbonyl (C=O) groups excluding carboxylic acids is 1. The van der Waals surface area contributed by atoms with Gasteiger partial charge in [0.1, 0.15) is 0 Å². The lowest BCUT2D eigenvalue weighted by Crippen LogP contribution is -2.31. The number of nitrogens with two attached hydrogens (primary N) is 1. The average Bonchev–Trinajstić information content (AvgIpc) is 1.61. The summed E-state index contributed by atoms with van der Waals surface area (Å²) in [6.07, 6.45) is -1.61. The molecule has 54 valence electrons. The van der Waals surface area contributed by atoms with E-state index >= 15 is 0 Å². The molecule has 0 aromatic rings. The number of hydrogen-bond acceptors (Lipinski definition) is 4. The van der Waals surface area contributed by atoms with E-state index < -0.39 is 12.2 Å². The first-order chi connectivity index (χ1) is 3.63. The predicted octanol–water partition coefficient (Wildman–Crippen LogP) is -0.574. The summed E-state index contributed by atoms with van der Waals surface area (Å²) in [5.41, 5.74) is 5.79. The van der Waals surface area contributed by atoms with Gasteiger partial charge in [-0.15, -0.1) is 0 Å². The molecule has 0 bridgehead atoms. The maximum atomic E-state index is 9.63. The quantitative estimate of drug-likeness (QED) is 0.331. The first-order valence-corrected chi connectivity index (χ1v) is 1.58. The topological polar surface area (TPSA) is 137 Å². The molecule has 0 atom stereocenters. The van der Waals surface area contributed by atoms with Gasteiger partial charge in [-0.2, -0.15) is 5.48 Å². The molecular formula is C2H7N3O4. The zero-order valence-electron chi connectivity index (χ0n) is 4.46. The van der Waals surface area contributed by atoms with E-state index in [1.807, 2.05) is 0 Å². The van der Waals surface area contributed by atoms with Crippen molar-refractivity contribution >= 4 is 12.2 Å². The molecule has 0 aliphatic heterocycles. The average molecular weight is 137 g/mol. The van der Waals surface area contributed by atoms with E-state index in [4.69, 9.17) is 5.11 Å². The minimum atomic E-state index is -1.61. The lowest BCUT2D eigenvalue weighted by Gasteiger charge is -1.93. The van der Waals surface area contributed by atoms with E-state index in [-0.39, 0.29) is 6.15 Å². The predicted molar refractivity (Wildman–Crippen MR) is 26.9 cm³/mol. The summed E-state index contributed by atoms with van der Waals surface area (Å²) in [4.78, 5) is 22.5. The Hall–Kier alpha value is -1.50. The molecule has 0 radical (unpaired) electrons. The number of hydrogen-bond donors (Lipinski definition) is 4. The lowest BCUT2D eigenvalue weighted by atomic mass is 11.2. The standard InChI is InChI=1S/C2H4N2O4.H3N/c3-1(5)4-8-2(6)7;/h(H,6,7)(H3,3,4,5);1H3. The highest BCUT2D eigenvalue weighted by Crippen LogP contribution is 1.65. The number of rotatable bonds is 0. The molecule has 0 aliphatic carbocycles. The van der Waals surface area contributed by atoms with Crippen LogP contribution in [0.15, 0.2) is 0 Å². The SMILES string of the molecule is N.NC(=O)NOC(=O)O. The number of hydroxylamine groups is 1. The van der Waals surface area contributed by atoms with Gasteiger partial charge in [0.15, 0.2) is 0 Å². The molecule has 9 heavy (non-hydrogen) atoms. The van der Waals surface area contributed by atoms with Gasteiger partial charge in [-0.05, 0) is 0 Å². The summed E-state index contributed by atoms with van der Waals surface area (Å²) < 4.78 is 0. The third-order valence-electron chi connectivity index (χ3n) is 0.239. The summed E-state index contributed by atoms with van der Waals surface area (Å²) in [5, 5.41) is 7.67. The summed E-state index contributed by atoms with van der Waals surface area (Å²) in [5.74, 6) is 0. The fraction of sp³-hybridized carbons (Fsp3) is 0. The van der Waals surface area contributed by atoms with Crippen molar-refractivity contribution in [1.82, 2.24) is 11.6 Å². The summed E-state index contributed by atoms with van der Waals surface area (Å²) in [6.45, 7) is 0. The molecule has 0 aromatic heterocycles. The molecule has 0 spiro atoms. The third-order valence-corrected chi connectivity index (χ3v) is 0.239. The Morgan fingerprint density at radius 2 is 2.00 bits per heavy atom. The van der Waals surface area contributed by atoms with Crippen molar-refractivity contribution in [3.8, 4) is 0 Å². The van der Waals surface area contributed by atoms with Gasteiger partial charge in [0, 0.05) is 0 Å². The van der Waals surface area contributed by atoms with Crippen molar-refractivity contribution in [2.24, 2.45) is 5.73 Å². The van der Waals surface area contributed by atoms with E-state index in [2.05, 4.69) is 10.6 Å². The van der Waals surface area contributed by atoms with Gasteiger partial charge in [0.2, 0.25) is 0 Å². The van der Waals surface area contributed by atoms with Crippen molar-refractivity contribution < 1.29 is 19.5 Å². The Bertz CT molecular complexity index is 98.4. The van der Waals surface area contributed by atoms with Crippen molar-refractivity contribution in [1.29, 1.82) is 0 Å². The number of urea groups is 1. The maximum absolute atomic E-state index is 9.63. The molecule has 0 heterocycles. The van der Waals surface area contributed by atoms with Crippen molar-refractivity contribution in [3.63, 3.8) is 0 Å². The van der Waals surface area contributed by atoms with E-state index in [1.54, 1.807) is 0 Å². The zero-order valence-corrected chi connectivity index (χ0v) is 4.46. The lowest BCUT2D eigenvalue weighted by molar-refractivity contribution is 0.0576. The molecule has 0 aromatic carbocycles. The fourth-order valence-electron chi connectivity index (χ4n) is 0.0940. The van der Waals surface area contributed by atoms with Crippen LogP contribution in [-0.4, -0.2) is 17.3 Å². The Balaban J connectivity index is 0. The fourth-order valence-corrected chi connectivity index (χ4v) is 0.0940. The maximum Gasteiger partial charge on any atom is 0.530 e. The van der Waals surface area contributed by atoms with Crippen LogP contribution in [-0.2, 0) is 4.84 Å². The van der Waals surface area contributed by atoms with Crippen LogP contribution in [0.2, 0.25) is 0 Å². The van der Waals surface area contributed by atoms with E-state index in [0.29, 0.717) is 0 Å². The molecule has 0 saturated heterocycles. The first-order valence-electron chi connectivity index (χ1n) is 1.58. The first kappa shape index (κ1) is 10.5. The molecular weight excluding hydrogens is 130 g/mol. The smallest absolute Gasteiger partial charge is 0.448 e. The highest BCUT2D eigenvalue weighted by Gasteiger charge is 1.95. The van der Waals surface area contributed by atoms with Gasteiger partial charge >= 0.3 is 12.2 Å². The van der Waals surface area contributed by atoms with Gasteiger partial charge in [0.25, 0.3) is 0 Å². The molecule has 7 heteroatoms. The highest BCUT2D eigenvalue weighted by molar-refractivity contribution is 5.72. The van der Waals surface area contributed by atoms with Crippen LogP contribution < -0.4 is 17.4 Å². The second kappa shape index (κ2) is 4.65. The van der Waals surface area contributed by atoms with Gasteiger partial charge in [-0.1, -0.05) is 0 Å². The van der Waals surface area contributed by atoms with Crippen molar-refractivity contribution in [2.75, 3.05) is 0 Å². The van der Waals surface area contributed by atoms with Gasteiger partial charge in [0.05, 0.1) is 0 Å². The van der Waals surface area contributed by atoms with Crippen LogP contribution in [0.3, 0.4) is 0 Å². The zero-order chi connectivity index (χ0) is 6.57. The molecule has 0 saturated carbocycles. The van der Waals surface area contributed by atoms with Crippen LogP contribution in [0.1, 0.15) is 0 Å². The Morgan fingerprint density at radius 1 is 1.56 bits per heavy atom. The third kappa shape index (κ3) is 10.7. The minimum Gasteiger partial charge on any atom is -0.448 e. The van der Waals surface area contributed by atoms with E-state index in [0.717, 1.165) is 0 Å². The molecule has 2 amide bonds. The number of carboxylic acid groups (broad SMARTS) is 1. The summed E-state index contributed by atoms with van der Waals surface area (Å²) >= 11 is 0. The van der Waals surface area contributed by atoms with Gasteiger partial charge in [-0.25, -0.2) is 9.59 Å². The second-order valence-electron chi connectivity index (χ2n) is 0.834. The monoisotopic (exact) mass is 137 g/mol. The normalized spacial score (nSPS) is 6.67. The molecule has 7 N–H and O–H groups in total.